The topological polar surface area (TPSA) is 69.8 Å². The highest BCUT2D eigenvalue weighted by atomic mass is 35.5. The summed E-state index contributed by atoms with van der Waals surface area (Å²) in [5, 5.41) is 11.8. The summed E-state index contributed by atoms with van der Waals surface area (Å²) in [7, 11) is 3.26. The summed E-state index contributed by atoms with van der Waals surface area (Å²) in [6.45, 7) is 2.16. The number of benzene rings is 2. The zero-order valence-corrected chi connectivity index (χ0v) is 18.2. The van der Waals surface area contributed by atoms with Crippen LogP contribution in [0, 0.1) is 10.1 Å². The van der Waals surface area contributed by atoms with Gasteiger partial charge in [0.2, 0.25) is 0 Å². The molecule has 1 aliphatic rings. The van der Waals surface area contributed by atoms with Crippen molar-refractivity contribution in [2.75, 3.05) is 20.8 Å². The summed E-state index contributed by atoms with van der Waals surface area (Å²) in [5.74, 6) is 1.34. The van der Waals surface area contributed by atoms with E-state index < -0.39 is 4.92 Å². The van der Waals surface area contributed by atoms with Gasteiger partial charge in [0.15, 0.2) is 11.5 Å². The van der Waals surface area contributed by atoms with Crippen molar-refractivity contribution in [2.45, 2.75) is 25.6 Å². The van der Waals surface area contributed by atoms with Crippen LogP contribution in [-0.4, -0.2) is 35.2 Å². The third-order valence-electron chi connectivity index (χ3n) is 5.70. The number of ether oxygens (including phenoxy) is 2. The Hall–Kier alpha value is -3.03. The molecule has 8 heteroatoms. The molecule has 1 aliphatic heterocycles. The maximum absolute atomic E-state index is 11.3. The minimum atomic E-state index is -0.393. The van der Waals surface area contributed by atoms with E-state index in [-0.39, 0.29) is 11.7 Å². The first-order chi connectivity index (χ1) is 15.0. The predicted molar refractivity (Wildman–Crippen MR) is 119 cm³/mol. The maximum atomic E-state index is 11.3. The number of hydrogen-bond acceptors (Lipinski definition) is 5. The van der Waals surface area contributed by atoms with Gasteiger partial charge in [-0.1, -0.05) is 23.7 Å². The lowest BCUT2D eigenvalue weighted by atomic mass is 9.99. The zero-order valence-electron chi connectivity index (χ0n) is 17.5. The minimum Gasteiger partial charge on any atom is -0.493 e. The number of halogens is 1. The van der Waals surface area contributed by atoms with Crippen molar-refractivity contribution in [1.82, 2.24) is 9.47 Å². The van der Waals surface area contributed by atoms with Crippen LogP contribution in [0.1, 0.15) is 29.3 Å². The number of para-hydroxylation sites is 1. The fourth-order valence-corrected chi connectivity index (χ4v) is 4.49. The Labute approximate surface area is 185 Å². The second-order valence-electron chi connectivity index (χ2n) is 7.47. The molecule has 2 heterocycles. The largest absolute Gasteiger partial charge is 0.493 e. The van der Waals surface area contributed by atoms with E-state index in [9.17, 15) is 10.1 Å². The lowest BCUT2D eigenvalue weighted by Crippen LogP contribution is -2.30. The molecule has 1 atom stereocenters. The number of fused-ring (bicyclic) bond motifs is 1. The SMILES string of the molecule is COc1cccc(C2c3cccn3CCCN2Cc2cc([N+](=O)[O-])ccc2Cl)c1OC. The second-order valence-corrected chi connectivity index (χ2v) is 7.88. The smallest absolute Gasteiger partial charge is 0.269 e. The molecule has 0 saturated carbocycles. The van der Waals surface area contributed by atoms with Crippen molar-refractivity contribution in [3.05, 3.63) is 86.7 Å². The van der Waals surface area contributed by atoms with Crippen LogP contribution < -0.4 is 9.47 Å². The van der Waals surface area contributed by atoms with Gasteiger partial charge in [-0.15, -0.1) is 0 Å². The predicted octanol–water partition coefficient (Wildman–Crippen LogP) is 5.06. The van der Waals surface area contributed by atoms with Crippen molar-refractivity contribution >= 4 is 17.3 Å². The van der Waals surface area contributed by atoms with Gasteiger partial charge in [0, 0.05) is 54.2 Å². The van der Waals surface area contributed by atoms with E-state index in [2.05, 4.69) is 21.7 Å². The van der Waals surface area contributed by atoms with Crippen LogP contribution in [0.4, 0.5) is 5.69 Å². The van der Waals surface area contributed by atoms with Crippen LogP contribution >= 0.6 is 11.6 Å². The molecule has 0 radical (unpaired) electrons. The van der Waals surface area contributed by atoms with E-state index in [0.29, 0.717) is 23.1 Å². The number of rotatable bonds is 6. The highest BCUT2D eigenvalue weighted by molar-refractivity contribution is 6.31. The van der Waals surface area contributed by atoms with E-state index in [1.165, 1.54) is 6.07 Å². The van der Waals surface area contributed by atoms with Crippen molar-refractivity contribution in [2.24, 2.45) is 0 Å². The van der Waals surface area contributed by atoms with Crippen LogP contribution in [0.15, 0.2) is 54.7 Å². The molecule has 0 fully saturated rings. The van der Waals surface area contributed by atoms with Crippen molar-refractivity contribution in [3.8, 4) is 11.5 Å². The molecule has 0 N–H and O–H groups in total. The van der Waals surface area contributed by atoms with Gasteiger partial charge in [-0.3, -0.25) is 15.0 Å². The average molecular weight is 442 g/mol. The number of aromatic nitrogens is 1. The number of aryl methyl sites for hydroxylation is 1. The fraction of sp³-hybridized carbons (Fsp3) is 0.304. The molecule has 0 amide bonds. The number of nitrogens with zero attached hydrogens (tertiary/aromatic N) is 3. The van der Waals surface area contributed by atoms with Gasteiger partial charge in [-0.2, -0.15) is 0 Å². The second kappa shape index (κ2) is 8.99. The summed E-state index contributed by atoms with van der Waals surface area (Å²) >= 11 is 6.44. The Bertz CT molecular complexity index is 1100. The summed E-state index contributed by atoms with van der Waals surface area (Å²) in [6, 6.07) is 14.5. The monoisotopic (exact) mass is 441 g/mol. The Kier molecular flexibility index (Phi) is 6.15. The van der Waals surface area contributed by atoms with Gasteiger partial charge in [-0.25, -0.2) is 0 Å². The molecule has 1 unspecified atom stereocenters. The van der Waals surface area contributed by atoms with E-state index in [1.54, 1.807) is 26.4 Å². The Balaban J connectivity index is 1.82. The van der Waals surface area contributed by atoms with E-state index in [1.807, 2.05) is 24.3 Å². The van der Waals surface area contributed by atoms with E-state index in [0.717, 1.165) is 36.3 Å². The van der Waals surface area contributed by atoms with Gasteiger partial charge >= 0.3 is 0 Å². The molecule has 0 saturated heterocycles. The van der Waals surface area contributed by atoms with Crippen molar-refractivity contribution < 1.29 is 14.4 Å². The molecular weight excluding hydrogens is 418 g/mol. The molecule has 7 nitrogen and oxygen atoms in total. The van der Waals surface area contributed by atoms with Crippen LogP contribution in [-0.2, 0) is 13.1 Å². The van der Waals surface area contributed by atoms with Crippen LogP contribution in [0.25, 0.3) is 0 Å². The maximum Gasteiger partial charge on any atom is 0.269 e. The molecule has 2 aromatic carbocycles. The number of hydrogen-bond donors (Lipinski definition) is 0. The number of non-ortho nitro benzene ring substituents is 1. The molecule has 4 rings (SSSR count). The summed E-state index contributed by atoms with van der Waals surface area (Å²) in [6.07, 6.45) is 3.02. The zero-order chi connectivity index (χ0) is 22.0. The Morgan fingerprint density at radius 3 is 2.71 bits per heavy atom. The Morgan fingerprint density at radius 1 is 1.13 bits per heavy atom. The molecule has 0 spiro atoms. The molecule has 3 aromatic rings. The molecule has 31 heavy (non-hydrogen) atoms. The van der Waals surface area contributed by atoms with Gasteiger partial charge in [0.05, 0.1) is 25.2 Å². The summed E-state index contributed by atoms with van der Waals surface area (Å²) in [5.41, 5.74) is 2.87. The van der Waals surface area contributed by atoms with Gasteiger partial charge in [-0.05, 0) is 36.2 Å². The van der Waals surface area contributed by atoms with Crippen LogP contribution in [0.3, 0.4) is 0 Å². The molecule has 162 valence electrons. The van der Waals surface area contributed by atoms with Crippen LogP contribution in [0.2, 0.25) is 5.02 Å². The first kappa shape index (κ1) is 21.2. The fourth-order valence-electron chi connectivity index (χ4n) is 4.31. The highest BCUT2D eigenvalue weighted by Crippen LogP contribution is 2.42. The molecule has 0 bridgehead atoms. The number of methoxy groups -OCH3 is 2. The van der Waals surface area contributed by atoms with E-state index >= 15 is 0 Å². The molecular formula is C23H24ClN3O4. The average Bonchev–Trinajstić information content (AvgIpc) is 3.16. The number of nitro groups is 1. The van der Waals surface area contributed by atoms with Crippen molar-refractivity contribution in [3.63, 3.8) is 0 Å². The number of nitro benzene ring substituents is 1. The first-order valence-electron chi connectivity index (χ1n) is 10.1. The van der Waals surface area contributed by atoms with Crippen LogP contribution in [0.5, 0.6) is 11.5 Å². The molecule has 1 aromatic heterocycles. The van der Waals surface area contributed by atoms with Gasteiger partial charge in [0.25, 0.3) is 5.69 Å². The highest BCUT2D eigenvalue weighted by Gasteiger charge is 2.31. The quantitative estimate of drug-likeness (QED) is 0.395. The normalized spacial score (nSPS) is 16.4. The Morgan fingerprint density at radius 2 is 1.97 bits per heavy atom. The standard InChI is InChI=1S/C23H24ClN3O4/c1-30-21-8-3-6-18(23(21)31-2)22-20-7-4-11-25(20)12-5-13-26(22)15-16-14-17(27(28)29)9-10-19(16)24/h3-4,6-11,14,22H,5,12-13,15H2,1-2H3. The lowest BCUT2D eigenvalue weighted by Gasteiger charge is -2.32. The summed E-state index contributed by atoms with van der Waals surface area (Å²) in [4.78, 5) is 13.2. The minimum absolute atomic E-state index is 0.0353. The van der Waals surface area contributed by atoms with E-state index in [4.69, 9.17) is 21.1 Å². The molecule has 0 aliphatic carbocycles. The first-order valence-corrected chi connectivity index (χ1v) is 10.4. The summed E-state index contributed by atoms with van der Waals surface area (Å²) < 4.78 is 13.5. The van der Waals surface area contributed by atoms with Gasteiger partial charge in [0.1, 0.15) is 0 Å². The lowest BCUT2D eigenvalue weighted by molar-refractivity contribution is -0.384. The third kappa shape index (κ3) is 4.11. The van der Waals surface area contributed by atoms with Crippen molar-refractivity contribution in [1.29, 1.82) is 0 Å². The third-order valence-corrected chi connectivity index (χ3v) is 6.06. The van der Waals surface area contributed by atoms with Gasteiger partial charge < -0.3 is 14.0 Å².